The Bertz CT molecular complexity index is 892. The van der Waals surface area contributed by atoms with Gasteiger partial charge in [0.05, 0.1) is 17.1 Å². The standard InChI is InChI=1S/C20H26N4OS/c1-14-9-10-15(2)24(14)13-19(25)21-17(11-12-26-4)20-22-16-7-5-6-8-18(16)23(20)3/h5-10,17H,11-13H2,1-4H3,(H,21,25)/t17-/m0/s1. The Morgan fingerprint density at radius 2 is 1.88 bits per heavy atom. The van der Waals surface area contributed by atoms with Crippen molar-refractivity contribution in [3.8, 4) is 0 Å². The summed E-state index contributed by atoms with van der Waals surface area (Å²) in [6, 6.07) is 12.1. The molecule has 1 atom stereocenters. The first kappa shape index (κ1) is 18.6. The summed E-state index contributed by atoms with van der Waals surface area (Å²) in [5.74, 6) is 1.90. The van der Waals surface area contributed by atoms with Crippen LogP contribution >= 0.6 is 11.8 Å². The van der Waals surface area contributed by atoms with E-state index >= 15 is 0 Å². The highest BCUT2D eigenvalue weighted by molar-refractivity contribution is 7.98. The van der Waals surface area contributed by atoms with Crippen LogP contribution in [-0.2, 0) is 18.4 Å². The number of aryl methyl sites for hydroxylation is 3. The predicted octanol–water partition coefficient (Wildman–Crippen LogP) is 3.60. The van der Waals surface area contributed by atoms with Crippen LogP contribution in [0.3, 0.4) is 0 Å². The molecule has 0 aliphatic heterocycles. The van der Waals surface area contributed by atoms with Crippen molar-refractivity contribution in [2.75, 3.05) is 12.0 Å². The molecule has 3 aromatic rings. The van der Waals surface area contributed by atoms with E-state index in [0.717, 1.165) is 40.4 Å². The van der Waals surface area contributed by atoms with E-state index in [0.29, 0.717) is 6.54 Å². The topological polar surface area (TPSA) is 51.9 Å². The number of fused-ring (bicyclic) bond motifs is 1. The second-order valence-electron chi connectivity index (χ2n) is 6.62. The third-order valence-electron chi connectivity index (χ3n) is 4.80. The Hall–Kier alpha value is -2.21. The average molecular weight is 371 g/mol. The first-order chi connectivity index (χ1) is 12.5. The van der Waals surface area contributed by atoms with E-state index in [2.05, 4.69) is 22.2 Å². The molecule has 0 bridgehead atoms. The Morgan fingerprint density at radius 3 is 2.54 bits per heavy atom. The molecule has 1 N–H and O–H groups in total. The van der Waals surface area contributed by atoms with Crippen LogP contribution in [-0.4, -0.2) is 32.0 Å². The molecule has 0 radical (unpaired) electrons. The molecule has 0 unspecified atom stereocenters. The summed E-state index contributed by atoms with van der Waals surface area (Å²) >= 11 is 1.78. The van der Waals surface area contributed by atoms with Gasteiger partial charge in [-0.2, -0.15) is 11.8 Å². The van der Waals surface area contributed by atoms with Gasteiger partial charge in [-0.1, -0.05) is 12.1 Å². The zero-order valence-corrected chi connectivity index (χ0v) is 16.6. The second-order valence-corrected chi connectivity index (χ2v) is 7.61. The van der Waals surface area contributed by atoms with Gasteiger partial charge in [0.2, 0.25) is 5.91 Å². The van der Waals surface area contributed by atoms with Crippen molar-refractivity contribution in [2.45, 2.75) is 32.9 Å². The van der Waals surface area contributed by atoms with Crippen molar-refractivity contribution in [3.05, 3.63) is 53.6 Å². The summed E-state index contributed by atoms with van der Waals surface area (Å²) in [5.41, 5.74) is 4.25. The van der Waals surface area contributed by atoms with E-state index in [-0.39, 0.29) is 11.9 Å². The molecule has 3 rings (SSSR count). The Morgan fingerprint density at radius 1 is 1.19 bits per heavy atom. The van der Waals surface area contributed by atoms with Crippen LogP contribution in [0.4, 0.5) is 0 Å². The lowest BCUT2D eigenvalue weighted by atomic mass is 10.2. The number of carbonyl (C=O) groups is 1. The number of para-hydroxylation sites is 2. The zero-order valence-electron chi connectivity index (χ0n) is 15.8. The number of benzene rings is 1. The molecule has 2 aromatic heterocycles. The number of hydrogen-bond donors (Lipinski definition) is 1. The molecule has 1 aromatic carbocycles. The molecule has 1 amide bonds. The minimum atomic E-state index is -0.0940. The molecule has 6 heteroatoms. The van der Waals surface area contributed by atoms with Crippen LogP contribution in [0.15, 0.2) is 36.4 Å². The van der Waals surface area contributed by atoms with Crippen LogP contribution in [0.5, 0.6) is 0 Å². The number of amides is 1. The highest BCUT2D eigenvalue weighted by Gasteiger charge is 2.21. The number of imidazole rings is 1. The minimum Gasteiger partial charge on any atom is -0.345 e. The third kappa shape index (κ3) is 3.80. The number of aromatic nitrogens is 3. The Balaban J connectivity index is 1.83. The monoisotopic (exact) mass is 370 g/mol. The number of hydrogen-bond acceptors (Lipinski definition) is 3. The van der Waals surface area contributed by atoms with Gasteiger partial charge in [-0.05, 0) is 56.5 Å². The largest absolute Gasteiger partial charge is 0.345 e. The van der Waals surface area contributed by atoms with E-state index in [1.807, 2.05) is 55.8 Å². The molecule has 0 saturated heterocycles. The SMILES string of the molecule is CSCC[C@H](NC(=O)Cn1c(C)ccc1C)c1nc2ccccc2n1C. The van der Waals surface area contributed by atoms with E-state index < -0.39 is 0 Å². The fourth-order valence-electron chi connectivity index (χ4n) is 3.31. The number of thioether (sulfide) groups is 1. The molecular formula is C20H26N4OS. The molecule has 5 nitrogen and oxygen atoms in total. The van der Waals surface area contributed by atoms with Crippen molar-refractivity contribution < 1.29 is 4.79 Å². The maximum Gasteiger partial charge on any atom is 0.240 e. The van der Waals surface area contributed by atoms with Crippen LogP contribution in [0.2, 0.25) is 0 Å². The second kappa shape index (κ2) is 7.99. The van der Waals surface area contributed by atoms with Crippen LogP contribution in [0, 0.1) is 13.8 Å². The van der Waals surface area contributed by atoms with Gasteiger partial charge in [0, 0.05) is 18.4 Å². The van der Waals surface area contributed by atoms with Gasteiger partial charge in [-0.25, -0.2) is 4.98 Å². The van der Waals surface area contributed by atoms with Crippen LogP contribution in [0.1, 0.15) is 29.7 Å². The van der Waals surface area contributed by atoms with Gasteiger partial charge in [0.25, 0.3) is 0 Å². The first-order valence-corrected chi connectivity index (χ1v) is 10.2. The van der Waals surface area contributed by atoms with Gasteiger partial charge < -0.3 is 14.5 Å². The maximum absolute atomic E-state index is 12.7. The average Bonchev–Trinajstić information content (AvgIpc) is 3.13. The molecular weight excluding hydrogens is 344 g/mol. The summed E-state index contributed by atoms with van der Waals surface area (Å²) in [6.07, 6.45) is 2.94. The summed E-state index contributed by atoms with van der Waals surface area (Å²) in [6.45, 7) is 4.39. The molecule has 0 spiro atoms. The Labute approximate surface area is 158 Å². The van der Waals surface area contributed by atoms with Crippen molar-refractivity contribution in [1.82, 2.24) is 19.4 Å². The fraction of sp³-hybridized carbons (Fsp3) is 0.400. The summed E-state index contributed by atoms with van der Waals surface area (Å²) in [7, 11) is 2.02. The normalized spacial score (nSPS) is 12.5. The van der Waals surface area contributed by atoms with Gasteiger partial charge in [0.1, 0.15) is 12.4 Å². The molecule has 0 aliphatic carbocycles. The highest BCUT2D eigenvalue weighted by Crippen LogP contribution is 2.23. The predicted molar refractivity (Wildman–Crippen MR) is 109 cm³/mol. The van der Waals surface area contributed by atoms with Gasteiger partial charge in [0.15, 0.2) is 0 Å². The van der Waals surface area contributed by atoms with Crippen LogP contribution in [0.25, 0.3) is 11.0 Å². The fourth-order valence-corrected chi connectivity index (χ4v) is 3.78. The van der Waals surface area contributed by atoms with E-state index in [1.165, 1.54) is 0 Å². The summed E-state index contributed by atoms with van der Waals surface area (Å²) in [4.78, 5) is 17.5. The number of rotatable bonds is 7. The first-order valence-electron chi connectivity index (χ1n) is 8.83. The molecule has 0 saturated carbocycles. The molecule has 0 fully saturated rings. The van der Waals surface area contributed by atoms with Crippen molar-refractivity contribution in [1.29, 1.82) is 0 Å². The lowest BCUT2D eigenvalue weighted by Gasteiger charge is -2.19. The lowest BCUT2D eigenvalue weighted by molar-refractivity contribution is -0.122. The molecule has 2 heterocycles. The summed E-state index contributed by atoms with van der Waals surface area (Å²) in [5, 5.41) is 3.21. The molecule has 26 heavy (non-hydrogen) atoms. The van der Waals surface area contributed by atoms with Crippen LogP contribution < -0.4 is 5.32 Å². The smallest absolute Gasteiger partial charge is 0.240 e. The highest BCUT2D eigenvalue weighted by atomic mass is 32.2. The quantitative estimate of drug-likeness (QED) is 0.691. The zero-order chi connectivity index (χ0) is 18.7. The van der Waals surface area contributed by atoms with Crippen molar-refractivity contribution in [2.24, 2.45) is 7.05 Å². The molecule has 138 valence electrons. The van der Waals surface area contributed by atoms with E-state index in [4.69, 9.17) is 4.98 Å². The van der Waals surface area contributed by atoms with Crippen molar-refractivity contribution >= 4 is 28.7 Å². The van der Waals surface area contributed by atoms with Gasteiger partial charge in [-0.15, -0.1) is 0 Å². The Kier molecular flexibility index (Phi) is 5.71. The lowest BCUT2D eigenvalue weighted by Crippen LogP contribution is -2.33. The van der Waals surface area contributed by atoms with Gasteiger partial charge >= 0.3 is 0 Å². The third-order valence-corrected chi connectivity index (χ3v) is 5.44. The number of nitrogens with one attached hydrogen (secondary N) is 1. The van der Waals surface area contributed by atoms with Gasteiger partial charge in [-0.3, -0.25) is 4.79 Å². The number of nitrogens with zero attached hydrogens (tertiary/aromatic N) is 3. The summed E-state index contributed by atoms with van der Waals surface area (Å²) < 4.78 is 4.13. The maximum atomic E-state index is 12.7. The van der Waals surface area contributed by atoms with Crippen molar-refractivity contribution in [3.63, 3.8) is 0 Å². The minimum absolute atomic E-state index is 0.0190. The number of carbonyl (C=O) groups excluding carboxylic acids is 1. The molecule has 0 aliphatic rings. The van der Waals surface area contributed by atoms with E-state index in [1.54, 1.807) is 11.8 Å². The van der Waals surface area contributed by atoms with E-state index in [9.17, 15) is 4.79 Å².